The molecule has 1 aliphatic rings. The van der Waals surface area contributed by atoms with E-state index >= 15 is 0 Å². The van der Waals surface area contributed by atoms with E-state index in [1.807, 2.05) is 0 Å². The van der Waals surface area contributed by atoms with Crippen LogP contribution in [-0.4, -0.2) is 31.9 Å². The van der Waals surface area contributed by atoms with Crippen molar-refractivity contribution in [3.8, 4) is 0 Å². The van der Waals surface area contributed by atoms with E-state index in [2.05, 4.69) is 15.5 Å². The van der Waals surface area contributed by atoms with E-state index in [9.17, 15) is 9.59 Å². The predicted octanol–water partition coefficient (Wildman–Crippen LogP) is -1.87. The summed E-state index contributed by atoms with van der Waals surface area (Å²) < 4.78 is 1.33. The highest BCUT2D eigenvalue weighted by molar-refractivity contribution is 5.73. The van der Waals surface area contributed by atoms with Crippen LogP contribution in [0.3, 0.4) is 0 Å². The molecular weight excluding hydrogens is 176 g/mol. The van der Waals surface area contributed by atoms with Crippen LogP contribution >= 0.6 is 0 Å². The average molecular weight is 184 g/mol. The van der Waals surface area contributed by atoms with Crippen LogP contribution in [0.1, 0.15) is 5.82 Å². The quantitative estimate of drug-likeness (QED) is 0.474. The molecule has 7 nitrogen and oxygen atoms in total. The number of hydrogen-bond donors (Lipinski definition) is 3. The smallest absolute Gasteiger partial charge is 0.343 e. The van der Waals surface area contributed by atoms with Gasteiger partial charge >= 0.3 is 11.7 Å². The summed E-state index contributed by atoms with van der Waals surface area (Å²) >= 11 is 0. The molecule has 1 aromatic rings. The van der Waals surface area contributed by atoms with E-state index in [0.29, 0.717) is 12.4 Å². The first-order valence-electron chi connectivity index (χ1n) is 3.79. The van der Waals surface area contributed by atoms with Gasteiger partial charge in [-0.2, -0.15) is 5.10 Å². The fourth-order valence-corrected chi connectivity index (χ4v) is 1.30. The van der Waals surface area contributed by atoms with Crippen LogP contribution in [0.25, 0.3) is 0 Å². The van der Waals surface area contributed by atoms with Crippen LogP contribution < -0.4 is 11.0 Å². The first-order valence-corrected chi connectivity index (χ1v) is 3.79. The normalized spacial score (nSPS) is 21.1. The van der Waals surface area contributed by atoms with Crippen molar-refractivity contribution < 1.29 is 9.90 Å². The summed E-state index contributed by atoms with van der Waals surface area (Å²) in [6.45, 7) is 0.426. The molecule has 0 amide bonds. The molecule has 0 radical (unpaired) electrons. The topological polar surface area (TPSA) is 100 Å². The van der Waals surface area contributed by atoms with Gasteiger partial charge in [0, 0.05) is 0 Å². The Hall–Kier alpha value is -1.63. The van der Waals surface area contributed by atoms with Gasteiger partial charge in [0.15, 0.2) is 0 Å². The van der Waals surface area contributed by atoms with Gasteiger partial charge in [-0.1, -0.05) is 0 Å². The van der Waals surface area contributed by atoms with Crippen molar-refractivity contribution in [1.29, 1.82) is 0 Å². The molecular formula is C6H8N4O3. The van der Waals surface area contributed by atoms with Gasteiger partial charge in [-0.05, 0) is 0 Å². The van der Waals surface area contributed by atoms with E-state index in [4.69, 9.17) is 5.11 Å². The van der Waals surface area contributed by atoms with E-state index in [0.717, 1.165) is 0 Å². The maximum atomic E-state index is 11.1. The number of aromatic amines is 1. The zero-order valence-corrected chi connectivity index (χ0v) is 6.65. The van der Waals surface area contributed by atoms with Gasteiger partial charge in [-0.15, -0.1) is 0 Å². The van der Waals surface area contributed by atoms with Crippen LogP contribution in [0.2, 0.25) is 0 Å². The summed E-state index contributed by atoms with van der Waals surface area (Å²) in [5.74, 6) is -0.416. The van der Waals surface area contributed by atoms with Gasteiger partial charge in [0.05, 0.1) is 13.1 Å². The third kappa shape index (κ3) is 1.22. The summed E-state index contributed by atoms with van der Waals surface area (Å²) in [5.41, 5.74) is -0.359. The number of aromatic nitrogens is 3. The molecule has 1 aliphatic heterocycles. The van der Waals surface area contributed by atoms with E-state index in [1.54, 1.807) is 0 Å². The van der Waals surface area contributed by atoms with Crippen LogP contribution in [0, 0.1) is 0 Å². The first kappa shape index (κ1) is 7.99. The third-order valence-electron chi connectivity index (χ3n) is 2.01. The van der Waals surface area contributed by atoms with Crippen molar-refractivity contribution in [3.05, 3.63) is 16.3 Å². The van der Waals surface area contributed by atoms with Crippen molar-refractivity contribution in [2.45, 2.75) is 19.1 Å². The predicted molar refractivity (Wildman–Crippen MR) is 41.1 cm³/mol. The summed E-state index contributed by atoms with van der Waals surface area (Å²) in [6.07, 6.45) is 0. The lowest BCUT2D eigenvalue weighted by atomic mass is 10.2. The summed E-state index contributed by atoms with van der Waals surface area (Å²) in [4.78, 5) is 21.6. The Kier molecular flexibility index (Phi) is 1.66. The molecule has 2 heterocycles. The summed E-state index contributed by atoms with van der Waals surface area (Å²) in [5, 5.41) is 17.4. The molecule has 0 saturated heterocycles. The van der Waals surface area contributed by atoms with Gasteiger partial charge < -0.3 is 5.11 Å². The molecule has 2 rings (SSSR count). The lowest BCUT2D eigenvalue weighted by molar-refractivity contribution is -0.140. The molecule has 0 aliphatic carbocycles. The number of hydrogen-bond acceptors (Lipinski definition) is 4. The maximum Gasteiger partial charge on any atom is 0.343 e. The summed E-state index contributed by atoms with van der Waals surface area (Å²) in [6, 6.07) is -0.706. The average Bonchev–Trinajstić information content (AvgIpc) is 2.47. The highest BCUT2D eigenvalue weighted by Gasteiger charge is 2.25. The van der Waals surface area contributed by atoms with E-state index < -0.39 is 12.0 Å². The molecule has 0 aromatic carbocycles. The zero-order valence-electron chi connectivity index (χ0n) is 6.65. The number of carbonyl (C=O) groups is 1. The Balaban J connectivity index is 2.33. The summed E-state index contributed by atoms with van der Waals surface area (Å²) in [7, 11) is 0. The highest BCUT2D eigenvalue weighted by atomic mass is 16.4. The highest BCUT2D eigenvalue weighted by Crippen LogP contribution is 2.01. The number of aliphatic carboxylic acids is 1. The molecule has 0 saturated carbocycles. The molecule has 70 valence electrons. The molecule has 13 heavy (non-hydrogen) atoms. The minimum atomic E-state index is -0.959. The van der Waals surface area contributed by atoms with Gasteiger partial charge in [-0.3, -0.25) is 14.7 Å². The van der Waals surface area contributed by atoms with Crippen molar-refractivity contribution in [2.24, 2.45) is 0 Å². The molecule has 0 bridgehead atoms. The minimum absolute atomic E-state index is 0.125. The third-order valence-corrected chi connectivity index (χ3v) is 2.01. The largest absolute Gasteiger partial charge is 0.480 e. The number of H-pyrrole nitrogens is 1. The standard InChI is InChI=1S/C6H8N4O3/c11-5(12)3-2-10-4(1-7-3)8-9-6(10)13/h3,7H,1-2H2,(H,9,13)(H,11,12)/t3-/m1/s1. The number of carboxylic acids is 1. The lowest BCUT2D eigenvalue weighted by Crippen LogP contribution is -2.46. The molecule has 7 heteroatoms. The van der Waals surface area contributed by atoms with Crippen LogP contribution in [0.15, 0.2) is 4.79 Å². The Labute approximate surface area is 72.4 Å². The van der Waals surface area contributed by atoms with Gasteiger partial charge in [-0.25, -0.2) is 9.89 Å². The Morgan fingerprint density at radius 2 is 2.46 bits per heavy atom. The van der Waals surface area contributed by atoms with Crippen molar-refractivity contribution in [2.75, 3.05) is 0 Å². The fraction of sp³-hybridized carbons (Fsp3) is 0.500. The number of fused-ring (bicyclic) bond motifs is 1. The molecule has 0 fully saturated rings. The monoisotopic (exact) mass is 184 g/mol. The molecule has 3 N–H and O–H groups in total. The maximum absolute atomic E-state index is 11.1. The lowest BCUT2D eigenvalue weighted by Gasteiger charge is -2.19. The van der Waals surface area contributed by atoms with Crippen LogP contribution in [0.4, 0.5) is 0 Å². The second-order valence-corrected chi connectivity index (χ2v) is 2.83. The second-order valence-electron chi connectivity index (χ2n) is 2.83. The minimum Gasteiger partial charge on any atom is -0.480 e. The number of rotatable bonds is 1. The zero-order chi connectivity index (χ0) is 9.42. The van der Waals surface area contributed by atoms with Crippen molar-refractivity contribution in [1.82, 2.24) is 20.1 Å². The van der Waals surface area contributed by atoms with Crippen molar-refractivity contribution >= 4 is 5.97 Å². The fourth-order valence-electron chi connectivity index (χ4n) is 1.30. The van der Waals surface area contributed by atoms with Crippen molar-refractivity contribution in [3.63, 3.8) is 0 Å². The van der Waals surface area contributed by atoms with Gasteiger partial charge in [0.25, 0.3) is 0 Å². The van der Waals surface area contributed by atoms with E-state index in [1.165, 1.54) is 4.57 Å². The first-order chi connectivity index (χ1) is 6.18. The number of nitrogens with zero attached hydrogens (tertiary/aromatic N) is 2. The molecule has 1 aromatic heterocycles. The van der Waals surface area contributed by atoms with Crippen LogP contribution in [-0.2, 0) is 17.9 Å². The Morgan fingerprint density at radius 1 is 1.69 bits per heavy atom. The number of carboxylic acid groups (broad SMARTS) is 1. The molecule has 0 spiro atoms. The molecule has 0 unspecified atom stereocenters. The van der Waals surface area contributed by atoms with E-state index in [-0.39, 0.29) is 12.2 Å². The molecule has 1 atom stereocenters. The van der Waals surface area contributed by atoms with Gasteiger partial charge in [0.2, 0.25) is 0 Å². The number of nitrogens with one attached hydrogen (secondary N) is 2. The van der Waals surface area contributed by atoms with Crippen LogP contribution in [0.5, 0.6) is 0 Å². The van der Waals surface area contributed by atoms with Gasteiger partial charge in [0.1, 0.15) is 11.9 Å². The Morgan fingerprint density at radius 3 is 3.15 bits per heavy atom. The Bertz CT molecular complexity index is 393. The SMILES string of the molecule is O=C(O)[C@H]1Cn2c(n[nH]c2=O)CN1. The second kappa shape index (κ2) is 2.70.